The molecule has 1 aliphatic heterocycles. The van der Waals surface area contributed by atoms with Crippen LogP contribution in [0, 0.1) is 0 Å². The maximum Gasteiger partial charge on any atom is 0.0623 e. The van der Waals surface area contributed by atoms with Crippen molar-refractivity contribution >= 4 is 34.6 Å². The van der Waals surface area contributed by atoms with Crippen LogP contribution in [-0.2, 0) is 0 Å². The normalized spacial score (nSPS) is 17.9. The molecule has 0 bridgehead atoms. The second kappa shape index (κ2) is 4.01. The van der Waals surface area contributed by atoms with E-state index in [1.165, 1.54) is 0 Å². The molecule has 16 heavy (non-hydrogen) atoms. The number of fused-ring (bicyclic) bond motifs is 1. The Morgan fingerprint density at radius 1 is 1.31 bits per heavy atom. The van der Waals surface area contributed by atoms with E-state index in [1.54, 1.807) is 0 Å². The standard InChI is InChI=1S/C12H16Cl2N2/c1-4-16-11-6-9(14)8(13)5-10(11)15-7-12(16,2)3/h5-6,15H,4,7H2,1-3H3. The van der Waals surface area contributed by atoms with Gasteiger partial charge in [0.1, 0.15) is 0 Å². The lowest BCUT2D eigenvalue weighted by molar-refractivity contribution is 0.480. The first-order valence-corrected chi connectivity index (χ1v) is 6.22. The maximum absolute atomic E-state index is 6.07. The van der Waals surface area contributed by atoms with E-state index in [0.29, 0.717) is 10.0 Å². The Labute approximate surface area is 107 Å². The second-order valence-corrected chi connectivity index (χ2v) is 5.51. The summed E-state index contributed by atoms with van der Waals surface area (Å²) in [6.07, 6.45) is 0. The number of nitrogens with one attached hydrogen (secondary N) is 1. The third-order valence-corrected chi connectivity index (χ3v) is 3.81. The largest absolute Gasteiger partial charge is 0.381 e. The average Bonchev–Trinajstić information content (AvgIpc) is 2.20. The summed E-state index contributed by atoms with van der Waals surface area (Å²) in [7, 11) is 0. The Morgan fingerprint density at radius 3 is 2.56 bits per heavy atom. The summed E-state index contributed by atoms with van der Waals surface area (Å²) in [6, 6.07) is 3.84. The van der Waals surface area contributed by atoms with Crippen LogP contribution >= 0.6 is 23.2 Å². The van der Waals surface area contributed by atoms with Crippen molar-refractivity contribution in [2.75, 3.05) is 23.3 Å². The first-order chi connectivity index (χ1) is 7.45. The Bertz CT molecular complexity index is 416. The van der Waals surface area contributed by atoms with Crippen LogP contribution in [0.4, 0.5) is 11.4 Å². The quantitative estimate of drug-likeness (QED) is 0.819. The highest BCUT2D eigenvalue weighted by atomic mass is 35.5. The molecule has 0 spiro atoms. The number of anilines is 2. The second-order valence-electron chi connectivity index (χ2n) is 4.69. The SMILES string of the molecule is CCN1c2cc(Cl)c(Cl)cc2NCC1(C)C. The molecule has 0 saturated carbocycles. The fourth-order valence-corrected chi connectivity index (χ4v) is 2.55. The summed E-state index contributed by atoms with van der Waals surface area (Å²) >= 11 is 12.1. The zero-order valence-corrected chi connectivity index (χ0v) is 11.3. The zero-order chi connectivity index (χ0) is 11.9. The van der Waals surface area contributed by atoms with Gasteiger partial charge in [0, 0.05) is 13.1 Å². The van der Waals surface area contributed by atoms with Gasteiger partial charge in [0.2, 0.25) is 0 Å². The molecular weight excluding hydrogens is 243 g/mol. The van der Waals surface area contributed by atoms with Crippen LogP contribution in [0.1, 0.15) is 20.8 Å². The molecule has 1 N–H and O–H groups in total. The third-order valence-electron chi connectivity index (χ3n) is 3.09. The van der Waals surface area contributed by atoms with Crippen molar-refractivity contribution in [3.8, 4) is 0 Å². The lowest BCUT2D eigenvalue weighted by atomic mass is 9.97. The first kappa shape index (κ1) is 11.9. The van der Waals surface area contributed by atoms with Crippen molar-refractivity contribution in [3.63, 3.8) is 0 Å². The molecule has 1 aromatic carbocycles. The van der Waals surface area contributed by atoms with Gasteiger partial charge in [-0.1, -0.05) is 23.2 Å². The number of rotatable bonds is 1. The molecule has 2 rings (SSSR count). The fourth-order valence-electron chi connectivity index (χ4n) is 2.23. The Balaban J connectivity index is 2.53. The molecule has 4 heteroatoms. The highest BCUT2D eigenvalue weighted by molar-refractivity contribution is 6.42. The van der Waals surface area contributed by atoms with E-state index in [-0.39, 0.29) is 5.54 Å². The van der Waals surface area contributed by atoms with Crippen molar-refractivity contribution in [2.24, 2.45) is 0 Å². The molecule has 1 aliphatic rings. The van der Waals surface area contributed by atoms with E-state index in [2.05, 4.69) is 31.0 Å². The summed E-state index contributed by atoms with van der Waals surface area (Å²) in [6.45, 7) is 8.45. The molecule has 0 aliphatic carbocycles. The number of likely N-dealkylation sites (N-methyl/N-ethyl adjacent to an activating group) is 1. The highest BCUT2D eigenvalue weighted by Crippen LogP contribution is 2.40. The van der Waals surface area contributed by atoms with Crippen LogP contribution < -0.4 is 10.2 Å². The van der Waals surface area contributed by atoms with Gasteiger partial charge in [-0.15, -0.1) is 0 Å². The van der Waals surface area contributed by atoms with E-state index >= 15 is 0 Å². The molecule has 0 atom stereocenters. The molecule has 88 valence electrons. The number of benzene rings is 1. The number of halogens is 2. The van der Waals surface area contributed by atoms with Crippen molar-refractivity contribution < 1.29 is 0 Å². The molecule has 2 nitrogen and oxygen atoms in total. The molecule has 0 unspecified atom stereocenters. The van der Waals surface area contributed by atoms with Crippen molar-refractivity contribution in [1.82, 2.24) is 0 Å². The molecule has 1 aromatic rings. The van der Waals surface area contributed by atoms with Gasteiger partial charge in [-0.25, -0.2) is 0 Å². The molecule has 0 radical (unpaired) electrons. The topological polar surface area (TPSA) is 15.3 Å². The monoisotopic (exact) mass is 258 g/mol. The minimum absolute atomic E-state index is 0.0961. The van der Waals surface area contributed by atoms with Gasteiger partial charge in [-0.2, -0.15) is 0 Å². The van der Waals surface area contributed by atoms with Gasteiger partial charge in [0.15, 0.2) is 0 Å². The van der Waals surface area contributed by atoms with E-state index in [1.807, 2.05) is 12.1 Å². The molecule has 0 amide bonds. The molecule has 0 aromatic heterocycles. The van der Waals surface area contributed by atoms with Crippen LogP contribution in [0.15, 0.2) is 12.1 Å². The van der Waals surface area contributed by atoms with Crippen LogP contribution in [0.25, 0.3) is 0 Å². The van der Waals surface area contributed by atoms with E-state index in [9.17, 15) is 0 Å². The van der Waals surface area contributed by atoms with Crippen LogP contribution in [0.2, 0.25) is 10.0 Å². The van der Waals surface area contributed by atoms with Crippen LogP contribution in [-0.4, -0.2) is 18.6 Å². The Kier molecular flexibility index (Phi) is 2.97. The van der Waals surface area contributed by atoms with Gasteiger partial charge in [0.05, 0.1) is 27.0 Å². The maximum atomic E-state index is 6.07. The van der Waals surface area contributed by atoms with Crippen molar-refractivity contribution in [1.29, 1.82) is 0 Å². The van der Waals surface area contributed by atoms with E-state index < -0.39 is 0 Å². The lowest BCUT2D eigenvalue weighted by Crippen LogP contribution is -2.52. The van der Waals surface area contributed by atoms with Crippen LogP contribution in [0.5, 0.6) is 0 Å². The summed E-state index contributed by atoms with van der Waals surface area (Å²) in [5.41, 5.74) is 2.29. The Hall–Kier alpha value is -0.600. The Morgan fingerprint density at radius 2 is 1.94 bits per heavy atom. The molecular formula is C12H16Cl2N2. The minimum Gasteiger partial charge on any atom is -0.381 e. The van der Waals surface area contributed by atoms with Gasteiger partial charge < -0.3 is 10.2 Å². The summed E-state index contributed by atoms with van der Waals surface area (Å²) in [4.78, 5) is 2.35. The predicted octanol–water partition coefficient (Wildman–Crippen LogP) is 4.02. The number of hydrogen-bond donors (Lipinski definition) is 1. The van der Waals surface area contributed by atoms with Gasteiger partial charge in [-0.05, 0) is 32.9 Å². The van der Waals surface area contributed by atoms with Gasteiger partial charge in [0.25, 0.3) is 0 Å². The number of nitrogens with zero attached hydrogens (tertiary/aromatic N) is 1. The van der Waals surface area contributed by atoms with Crippen molar-refractivity contribution in [3.05, 3.63) is 22.2 Å². The lowest BCUT2D eigenvalue weighted by Gasteiger charge is -2.45. The van der Waals surface area contributed by atoms with Gasteiger partial charge in [-0.3, -0.25) is 0 Å². The van der Waals surface area contributed by atoms with E-state index in [4.69, 9.17) is 23.2 Å². The molecule has 1 heterocycles. The smallest absolute Gasteiger partial charge is 0.0623 e. The average molecular weight is 259 g/mol. The van der Waals surface area contributed by atoms with Gasteiger partial charge >= 0.3 is 0 Å². The first-order valence-electron chi connectivity index (χ1n) is 5.46. The number of hydrogen-bond acceptors (Lipinski definition) is 2. The van der Waals surface area contributed by atoms with Crippen molar-refractivity contribution in [2.45, 2.75) is 26.3 Å². The van der Waals surface area contributed by atoms with Crippen LogP contribution in [0.3, 0.4) is 0 Å². The molecule has 0 saturated heterocycles. The summed E-state index contributed by atoms with van der Waals surface area (Å²) in [5, 5.41) is 4.61. The van der Waals surface area contributed by atoms with E-state index in [0.717, 1.165) is 24.5 Å². The summed E-state index contributed by atoms with van der Waals surface area (Å²) < 4.78 is 0. The zero-order valence-electron chi connectivity index (χ0n) is 9.77. The fraction of sp³-hybridized carbons (Fsp3) is 0.500. The summed E-state index contributed by atoms with van der Waals surface area (Å²) in [5.74, 6) is 0. The predicted molar refractivity (Wildman–Crippen MR) is 72.1 cm³/mol. The highest BCUT2D eigenvalue weighted by Gasteiger charge is 2.31. The molecule has 0 fully saturated rings. The minimum atomic E-state index is 0.0961. The third kappa shape index (κ3) is 1.85.